The fourth-order valence-corrected chi connectivity index (χ4v) is 2.27. The van der Waals surface area contributed by atoms with E-state index in [9.17, 15) is 4.79 Å². The number of anilines is 1. The standard InChI is InChI=1S/C15H18BrN3O/c1-4-12-5-7-13(8-6-12)17-14(20)9-19-11(3)15(16)10(2)18-19/h5-8H,4,9H2,1-3H3,(H,17,20). The number of nitrogens with zero attached hydrogens (tertiary/aromatic N) is 2. The highest BCUT2D eigenvalue weighted by Crippen LogP contribution is 2.19. The lowest BCUT2D eigenvalue weighted by atomic mass is 10.1. The molecule has 1 aromatic carbocycles. The summed E-state index contributed by atoms with van der Waals surface area (Å²) >= 11 is 3.46. The minimum atomic E-state index is -0.0765. The first-order chi connectivity index (χ1) is 9.51. The van der Waals surface area contributed by atoms with E-state index in [1.807, 2.05) is 38.1 Å². The number of halogens is 1. The Hall–Kier alpha value is -1.62. The van der Waals surface area contributed by atoms with Gasteiger partial charge in [-0.05, 0) is 53.9 Å². The fourth-order valence-electron chi connectivity index (χ4n) is 1.99. The van der Waals surface area contributed by atoms with Crippen LogP contribution in [0.15, 0.2) is 28.7 Å². The molecule has 20 heavy (non-hydrogen) atoms. The van der Waals surface area contributed by atoms with E-state index < -0.39 is 0 Å². The number of aromatic nitrogens is 2. The van der Waals surface area contributed by atoms with E-state index in [2.05, 4.69) is 33.3 Å². The lowest BCUT2D eigenvalue weighted by Crippen LogP contribution is -2.20. The van der Waals surface area contributed by atoms with Crippen LogP contribution in [0.3, 0.4) is 0 Å². The first kappa shape index (κ1) is 14.8. The highest BCUT2D eigenvalue weighted by molar-refractivity contribution is 9.10. The SMILES string of the molecule is CCc1ccc(NC(=O)Cn2nc(C)c(Br)c2C)cc1. The average Bonchev–Trinajstić information content (AvgIpc) is 2.67. The van der Waals surface area contributed by atoms with Gasteiger partial charge in [-0.1, -0.05) is 19.1 Å². The van der Waals surface area contributed by atoms with E-state index in [-0.39, 0.29) is 12.5 Å². The molecule has 1 amide bonds. The minimum Gasteiger partial charge on any atom is -0.324 e. The van der Waals surface area contributed by atoms with Gasteiger partial charge >= 0.3 is 0 Å². The molecule has 0 aliphatic rings. The van der Waals surface area contributed by atoms with Gasteiger partial charge in [0, 0.05) is 5.69 Å². The minimum absolute atomic E-state index is 0.0765. The van der Waals surface area contributed by atoms with Gasteiger partial charge in [0.1, 0.15) is 6.54 Å². The predicted molar refractivity (Wildman–Crippen MR) is 83.9 cm³/mol. The summed E-state index contributed by atoms with van der Waals surface area (Å²) < 4.78 is 2.66. The number of hydrogen-bond acceptors (Lipinski definition) is 2. The summed E-state index contributed by atoms with van der Waals surface area (Å²) in [6, 6.07) is 7.90. The first-order valence-corrected chi connectivity index (χ1v) is 7.39. The van der Waals surface area contributed by atoms with Crippen LogP contribution in [-0.2, 0) is 17.8 Å². The Morgan fingerprint density at radius 1 is 1.30 bits per heavy atom. The third kappa shape index (κ3) is 3.28. The van der Waals surface area contributed by atoms with Crippen molar-refractivity contribution in [2.75, 3.05) is 5.32 Å². The van der Waals surface area contributed by atoms with Crippen molar-refractivity contribution in [2.24, 2.45) is 0 Å². The Bertz CT molecular complexity index is 617. The molecule has 4 nitrogen and oxygen atoms in total. The molecule has 0 radical (unpaired) electrons. The van der Waals surface area contributed by atoms with Gasteiger partial charge in [-0.15, -0.1) is 0 Å². The summed E-state index contributed by atoms with van der Waals surface area (Å²) in [5.74, 6) is -0.0765. The molecular formula is C15H18BrN3O. The number of aryl methyl sites for hydroxylation is 2. The van der Waals surface area contributed by atoms with Crippen molar-refractivity contribution < 1.29 is 4.79 Å². The fraction of sp³-hybridized carbons (Fsp3) is 0.333. The number of rotatable bonds is 4. The van der Waals surface area contributed by atoms with Crippen LogP contribution < -0.4 is 5.32 Å². The highest BCUT2D eigenvalue weighted by atomic mass is 79.9. The van der Waals surface area contributed by atoms with Crippen molar-refractivity contribution >= 4 is 27.5 Å². The molecule has 0 aliphatic carbocycles. The molecule has 0 atom stereocenters. The van der Waals surface area contributed by atoms with E-state index in [0.29, 0.717) is 0 Å². The number of nitrogens with one attached hydrogen (secondary N) is 1. The molecule has 2 rings (SSSR count). The Kier molecular flexibility index (Phi) is 4.60. The highest BCUT2D eigenvalue weighted by Gasteiger charge is 2.11. The van der Waals surface area contributed by atoms with Crippen molar-refractivity contribution in [2.45, 2.75) is 33.7 Å². The summed E-state index contributed by atoms with van der Waals surface area (Å²) in [5.41, 5.74) is 3.92. The maximum atomic E-state index is 12.0. The Balaban J connectivity index is 2.03. The van der Waals surface area contributed by atoms with Gasteiger partial charge in [0.2, 0.25) is 5.91 Å². The molecular weight excluding hydrogens is 318 g/mol. The molecule has 106 valence electrons. The maximum absolute atomic E-state index is 12.0. The van der Waals surface area contributed by atoms with Gasteiger partial charge < -0.3 is 5.32 Å². The zero-order chi connectivity index (χ0) is 14.7. The van der Waals surface area contributed by atoms with Crippen LogP contribution in [0, 0.1) is 13.8 Å². The first-order valence-electron chi connectivity index (χ1n) is 6.59. The number of hydrogen-bond donors (Lipinski definition) is 1. The van der Waals surface area contributed by atoms with Crippen molar-refractivity contribution in [3.63, 3.8) is 0 Å². The Morgan fingerprint density at radius 3 is 2.45 bits per heavy atom. The van der Waals surface area contributed by atoms with E-state index >= 15 is 0 Å². The van der Waals surface area contributed by atoms with Crippen LogP contribution in [0.4, 0.5) is 5.69 Å². The van der Waals surface area contributed by atoms with E-state index in [1.54, 1.807) is 4.68 Å². The summed E-state index contributed by atoms with van der Waals surface area (Å²) in [5, 5.41) is 7.21. The van der Waals surface area contributed by atoms with Crippen LogP contribution in [0.2, 0.25) is 0 Å². The van der Waals surface area contributed by atoms with E-state index in [4.69, 9.17) is 0 Å². The van der Waals surface area contributed by atoms with Gasteiger partial charge in [0.25, 0.3) is 0 Å². The summed E-state index contributed by atoms with van der Waals surface area (Å²) in [6.07, 6.45) is 0.994. The quantitative estimate of drug-likeness (QED) is 0.929. The zero-order valence-corrected chi connectivity index (χ0v) is 13.5. The number of carbonyl (C=O) groups excluding carboxylic acids is 1. The van der Waals surface area contributed by atoms with Crippen molar-refractivity contribution in [3.05, 3.63) is 45.7 Å². The Labute approximate surface area is 127 Å². The van der Waals surface area contributed by atoms with Gasteiger partial charge in [-0.2, -0.15) is 5.10 Å². The molecule has 0 aliphatic heterocycles. The second kappa shape index (κ2) is 6.22. The number of amides is 1. The molecule has 0 saturated heterocycles. The second-order valence-corrected chi connectivity index (χ2v) is 5.53. The molecule has 0 saturated carbocycles. The summed E-state index contributed by atoms with van der Waals surface area (Å²) in [6.45, 7) is 6.17. The Morgan fingerprint density at radius 2 is 1.95 bits per heavy atom. The van der Waals surface area contributed by atoms with Crippen molar-refractivity contribution in [3.8, 4) is 0 Å². The lowest BCUT2D eigenvalue weighted by molar-refractivity contribution is -0.116. The topological polar surface area (TPSA) is 46.9 Å². The van der Waals surface area contributed by atoms with Crippen LogP contribution >= 0.6 is 15.9 Å². The largest absolute Gasteiger partial charge is 0.324 e. The smallest absolute Gasteiger partial charge is 0.246 e. The summed E-state index contributed by atoms with van der Waals surface area (Å²) in [4.78, 5) is 12.0. The normalized spacial score (nSPS) is 10.6. The molecule has 0 spiro atoms. The van der Waals surface area contributed by atoms with Gasteiger partial charge in [0.15, 0.2) is 0 Å². The van der Waals surface area contributed by atoms with Crippen LogP contribution in [0.5, 0.6) is 0 Å². The third-order valence-corrected chi connectivity index (χ3v) is 4.38. The van der Waals surface area contributed by atoms with Crippen molar-refractivity contribution in [1.29, 1.82) is 0 Å². The van der Waals surface area contributed by atoms with Gasteiger partial charge in [-0.25, -0.2) is 0 Å². The van der Waals surface area contributed by atoms with Crippen LogP contribution in [0.1, 0.15) is 23.9 Å². The molecule has 2 aromatic rings. The van der Waals surface area contributed by atoms with E-state index in [0.717, 1.165) is 28.0 Å². The lowest BCUT2D eigenvalue weighted by Gasteiger charge is -2.07. The van der Waals surface area contributed by atoms with Crippen LogP contribution in [-0.4, -0.2) is 15.7 Å². The third-order valence-electron chi connectivity index (χ3n) is 3.23. The molecule has 0 bridgehead atoms. The molecule has 0 fully saturated rings. The molecule has 1 aromatic heterocycles. The molecule has 1 N–H and O–H groups in total. The van der Waals surface area contributed by atoms with Gasteiger partial charge in [0.05, 0.1) is 15.9 Å². The monoisotopic (exact) mass is 335 g/mol. The molecule has 5 heteroatoms. The molecule has 0 unspecified atom stereocenters. The second-order valence-electron chi connectivity index (χ2n) is 4.74. The van der Waals surface area contributed by atoms with Gasteiger partial charge in [-0.3, -0.25) is 9.48 Å². The summed E-state index contributed by atoms with van der Waals surface area (Å²) in [7, 11) is 0. The van der Waals surface area contributed by atoms with Crippen molar-refractivity contribution in [1.82, 2.24) is 9.78 Å². The average molecular weight is 336 g/mol. The number of carbonyl (C=O) groups is 1. The van der Waals surface area contributed by atoms with E-state index in [1.165, 1.54) is 5.56 Å². The zero-order valence-electron chi connectivity index (χ0n) is 11.9. The predicted octanol–water partition coefficient (Wildman–Crippen LogP) is 3.46. The maximum Gasteiger partial charge on any atom is 0.246 e. The number of benzene rings is 1. The molecule has 1 heterocycles. The van der Waals surface area contributed by atoms with Crippen LogP contribution in [0.25, 0.3) is 0 Å².